The number of ether oxygens (including phenoxy) is 2. The van der Waals surface area contributed by atoms with Crippen LogP contribution in [0.25, 0.3) is 0 Å². The lowest BCUT2D eigenvalue weighted by Gasteiger charge is -2.10. The third kappa shape index (κ3) is 2.09. The fourth-order valence-electron chi connectivity index (χ4n) is 1.65. The molecule has 0 amide bonds. The molecule has 2 fully saturated rings. The Bertz CT molecular complexity index is 430. The highest BCUT2D eigenvalue weighted by molar-refractivity contribution is 6.11. The summed E-state index contributed by atoms with van der Waals surface area (Å²) in [6.07, 6.45) is 2.06. The third-order valence-corrected chi connectivity index (χ3v) is 2.71. The molecule has 0 aromatic carbocycles. The fraction of sp³-hybridized carbons (Fsp3) is 0.455. The molecule has 0 radical (unpaired) electrons. The van der Waals surface area contributed by atoms with Gasteiger partial charge in [0.25, 0.3) is 0 Å². The van der Waals surface area contributed by atoms with E-state index in [0.717, 1.165) is 0 Å². The summed E-state index contributed by atoms with van der Waals surface area (Å²) in [4.78, 5) is 32.0. The number of ketones is 2. The maximum absolute atomic E-state index is 12.0. The van der Waals surface area contributed by atoms with Crippen LogP contribution in [0, 0.1) is 0 Å². The Hall–Kier alpha value is -1.66. The van der Waals surface area contributed by atoms with E-state index < -0.39 is 18.1 Å². The van der Waals surface area contributed by atoms with Gasteiger partial charge in [-0.25, -0.2) is 9.97 Å². The van der Waals surface area contributed by atoms with Gasteiger partial charge in [-0.15, -0.1) is 0 Å². The lowest BCUT2D eigenvalue weighted by atomic mass is 9.94. The molecule has 0 spiro atoms. The molecule has 6 heteroatoms. The molecule has 6 nitrogen and oxygen atoms in total. The summed E-state index contributed by atoms with van der Waals surface area (Å²) in [7, 11) is 0. The molecule has 17 heavy (non-hydrogen) atoms. The van der Waals surface area contributed by atoms with E-state index in [4.69, 9.17) is 9.47 Å². The van der Waals surface area contributed by atoms with Gasteiger partial charge in [0.05, 0.1) is 13.2 Å². The molecule has 88 valence electrons. The second kappa shape index (κ2) is 3.97. The number of aromatic nitrogens is 2. The molecule has 3 rings (SSSR count). The zero-order valence-corrected chi connectivity index (χ0v) is 8.91. The third-order valence-electron chi connectivity index (χ3n) is 2.71. The smallest absolute Gasteiger partial charge is 0.182 e. The van der Waals surface area contributed by atoms with Crippen molar-refractivity contribution in [1.82, 2.24) is 9.97 Å². The number of rotatable bonds is 5. The number of nitrogens with zero attached hydrogens (tertiary/aromatic N) is 2. The van der Waals surface area contributed by atoms with Crippen molar-refractivity contribution in [2.24, 2.45) is 0 Å². The van der Waals surface area contributed by atoms with E-state index >= 15 is 0 Å². The Labute approximate surface area is 97.0 Å². The van der Waals surface area contributed by atoms with Crippen LogP contribution in [0.1, 0.15) is 11.7 Å². The molecule has 1 aromatic heterocycles. The molecule has 2 aliphatic rings. The molecule has 2 aliphatic heterocycles. The van der Waals surface area contributed by atoms with Crippen molar-refractivity contribution in [3.05, 3.63) is 24.3 Å². The first-order valence-electron chi connectivity index (χ1n) is 5.35. The van der Waals surface area contributed by atoms with Crippen LogP contribution >= 0.6 is 0 Å². The van der Waals surface area contributed by atoms with Crippen molar-refractivity contribution in [2.45, 2.75) is 18.1 Å². The minimum Gasteiger partial charge on any atom is -0.365 e. The molecular weight excluding hydrogens is 224 g/mol. The normalized spacial score (nSPS) is 27.3. The van der Waals surface area contributed by atoms with Crippen LogP contribution in [0.5, 0.6) is 0 Å². The minimum atomic E-state index is -0.948. The number of Topliss-reactive ketones (excluding diaryl/α,β-unsaturated/α-hetero) is 2. The van der Waals surface area contributed by atoms with Gasteiger partial charge >= 0.3 is 0 Å². The van der Waals surface area contributed by atoms with Crippen LogP contribution in [0.3, 0.4) is 0 Å². The van der Waals surface area contributed by atoms with Gasteiger partial charge in [0.1, 0.15) is 24.0 Å². The highest BCUT2D eigenvalue weighted by Crippen LogP contribution is 2.27. The second-order valence-electron chi connectivity index (χ2n) is 3.99. The summed E-state index contributed by atoms with van der Waals surface area (Å²) < 4.78 is 9.85. The monoisotopic (exact) mass is 234 g/mol. The number of carbonyl (C=O) groups is 2. The Morgan fingerprint density at radius 1 is 1.12 bits per heavy atom. The van der Waals surface area contributed by atoms with Gasteiger partial charge in [0, 0.05) is 12.4 Å². The maximum Gasteiger partial charge on any atom is 0.182 e. The van der Waals surface area contributed by atoms with Crippen molar-refractivity contribution >= 4 is 11.6 Å². The molecule has 2 unspecified atom stereocenters. The van der Waals surface area contributed by atoms with Crippen molar-refractivity contribution in [3.8, 4) is 0 Å². The van der Waals surface area contributed by atoms with Gasteiger partial charge in [-0.1, -0.05) is 0 Å². The molecule has 0 saturated carbocycles. The lowest BCUT2D eigenvalue weighted by Crippen LogP contribution is -2.30. The van der Waals surface area contributed by atoms with Crippen LogP contribution < -0.4 is 0 Å². The highest BCUT2D eigenvalue weighted by Gasteiger charge is 2.47. The Balaban J connectivity index is 1.89. The van der Waals surface area contributed by atoms with E-state index in [1.54, 1.807) is 6.07 Å². The van der Waals surface area contributed by atoms with E-state index in [1.807, 2.05) is 0 Å². The number of hydrogen-bond acceptors (Lipinski definition) is 6. The summed E-state index contributed by atoms with van der Waals surface area (Å²) in [6.45, 7) is 0.752. The summed E-state index contributed by atoms with van der Waals surface area (Å²) >= 11 is 0. The largest absolute Gasteiger partial charge is 0.365 e. The number of epoxide rings is 2. The Morgan fingerprint density at radius 3 is 2.00 bits per heavy atom. The molecule has 3 heterocycles. The van der Waals surface area contributed by atoms with Crippen molar-refractivity contribution < 1.29 is 19.1 Å². The predicted molar refractivity (Wildman–Crippen MR) is 54.3 cm³/mol. The van der Waals surface area contributed by atoms with Crippen molar-refractivity contribution in [2.75, 3.05) is 13.2 Å². The number of carbonyl (C=O) groups excluding carboxylic acids is 2. The SMILES string of the molecule is O=C(C1CO1)C(C(=O)C1CO1)c1ncccn1. The molecular formula is C11H10N2O4. The zero-order chi connectivity index (χ0) is 11.8. The van der Waals surface area contributed by atoms with Crippen LogP contribution in [0.2, 0.25) is 0 Å². The van der Waals surface area contributed by atoms with Crippen LogP contribution in [-0.4, -0.2) is 47.0 Å². The van der Waals surface area contributed by atoms with Gasteiger partial charge in [0.15, 0.2) is 11.6 Å². The Morgan fingerprint density at radius 2 is 1.59 bits per heavy atom. The van der Waals surface area contributed by atoms with E-state index in [0.29, 0.717) is 13.2 Å². The second-order valence-corrected chi connectivity index (χ2v) is 3.99. The molecule has 0 bridgehead atoms. The van der Waals surface area contributed by atoms with E-state index in [9.17, 15) is 9.59 Å². The summed E-state index contributed by atoms with van der Waals surface area (Å²) in [6, 6.07) is 1.64. The average molecular weight is 234 g/mol. The summed E-state index contributed by atoms with van der Waals surface area (Å²) in [5.41, 5.74) is 0. The van der Waals surface area contributed by atoms with Crippen molar-refractivity contribution in [3.63, 3.8) is 0 Å². The molecule has 0 aliphatic carbocycles. The predicted octanol–water partition coefficient (Wildman–Crippen LogP) is -0.504. The van der Waals surface area contributed by atoms with Gasteiger partial charge in [-0.05, 0) is 6.07 Å². The van der Waals surface area contributed by atoms with Gasteiger partial charge in [0.2, 0.25) is 0 Å². The molecule has 2 saturated heterocycles. The lowest BCUT2D eigenvalue weighted by molar-refractivity contribution is -0.130. The molecule has 0 N–H and O–H groups in total. The standard InChI is InChI=1S/C11H10N2O4/c14-9(6-4-16-6)8(10(15)7-5-17-7)11-12-2-1-3-13-11/h1-3,6-8H,4-5H2. The first-order valence-corrected chi connectivity index (χ1v) is 5.35. The maximum atomic E-state index is 12.0. The van der Waals surface area contributed by atoms with Crippen LogP contribution in [0.4, 0.5) is 0 Å². The quantitative estimate of drug-likeness (QED) is 0.504. The van der Waals surface area contributed by atoms with Gasteiger partial charge in [-0.3, -0.25) is 9.59 Å². The van der Waals surface area contributed by atoms with Crippen LogP contribution in [-0.2, 0) is 19.1 Å². The summed E-state index contributed by atoms with van der Waals surface area (Å²) in [5, 5.41) is 0. The fourth-order valence-corrected chi connectivity index (χ4v) is 1.65. The zero-order valence-electron chi connectivity index (χ0n) is 8.91. The first kappa shape index (κ1) is 10.5. The van der Waals surface area contributed by atoms with Gasteiger partial charge < -0.3 is 9.47 Å². The van der Waals surface area contributed by atoms with Crippen molar-refractivity contribution in [1.29, 1.82) is 0 Å². The number of hydrogen-bond donors (Lipinski definition) is 0. The highest BCUT2D eigenvalue weighted by atomic mass is 16.6. The summed E-state index contributed by atoms with van der Waals surface area (Å²) in [5.74, 6) is -1.25. The topological polar surface area (TPSA) is 85.0 Å². The first-order chi connectivity index (χ1) is 8.27. The van der Waals surface area contributed by atoms with E-state index in [1.165, 1.54) is 12.4 Å². The van der Waals surface area contributed by atoms with E-state index in [2.05, 4.69) is 9.97 Å². The van der Waals surface area contributed by atoms with E-state index in [-0.39, 0.29) is 17.4 Å². The minimum absolute atomic E-state index is 0.230. The average Bonchev–Trinajstić information content (AvgIpc) is 3.20. The Kier molecular flexibility index (Phi) is 2.45. The molecule has 1 aromatic rings. The molecule has 2 atom stereocenters. The van der Waals surface area contributed by atoms with Gasteiger partial charge in [-0.2, -0.15) is 0 Å². The van der Waals surface area contributed by atoms with Crippen LogP contribution in [0.15, 0.2) is 18.5 Å².